The number of carbonyl (C=O) groups is 2. The van der Waals surface area contributed by atoms with Gasteiger partial charge in [0, 0.05) is 13.6 Å². The van der Waals surface area contributed by atoms with Gasteiger partial charge in [-0.25, -0.2) is 9.86 Å². The molecule has 2 atom stereocenters. The highest BCUT2D eigenvalue weighted by Crippen LogP contribution is 2.31. The van der Waals surface area contributed by atoms with Crippen LogP contribution in [0.25, 0.3) is 0 Å². The van der Waals surface area contributed by atoms with Crippen molar-refractivity contribution in [2.45, 2.75) is 19.1 Å². The lowest BCUT2D eigenvalue weighted by atomic mass is 9.95. The van der Waals surface area contributed by atoms with Crippen LogP contribution >= 0.6 is 0 Å². The van der Waals surface area contributed by atoms with Crippen LogP contribution < -0.4 is 0 Å². The van der Waals surface area contributed by atoms with E-state index in [9.17, 15) is 9.59 Å². The summed E-state index contributed by atoms with van der Waals surface area (Å²) in [6, 6.07) is 19.1. The molecule has 6 nitrogen and oxygen atoms in total. The fraction of sp³-hybridized carbons (Fsp3) is 0.333. The van der Waals surface area contributed by atoms with Crippen molar-refractivity contribution in [3.05, 3.63) is 71.8 Å². The van der Waals surface area contributed by atoms with Crippen LogP contribution in [0.15, 0.2) is 60.7 Å². The standard InChI is InChI=1S/C21H24N2O4/c1-22(26-2)20(24)18(13-16-9-5-3-6-10-16)19-14-23(19)21(25)27-15-17-11-7-4-8-12-17/h3-12,18-19H,13-15H2,1-2H3/t18-,19+,23?/m1/s1. The summed E-state index contributed by atoms with van der Waals surface area (Å²) in [6.07, 6.45) is 0.148. The normalized spacial score (nSPS) is 16.5. The molecule has 3 rings (SSSR count). The topological polar surface area (TPSA) is 58.8 Å². The number of rotatable bonds is 7. The van der Waals surface area contributed by atoms with Crippen LogP contribution in [0, 0.1) is 5.92 Å². The number of hydroxylamine groups is 2. The number of nitrogens with zero attached hydrogens (tertiary/aromatic N) is 2. The SMILES string of the molecule is CON(C)C(=O)[C@H](Cc1ccccc1)[C@@H]1CN1C(=O)OCc1ccccc1. The first-order valence-electron chi connectivity index (χ1n) is 8.93. The summed E-state index contributed by atoms with van der Waals surface area (Å²) in [5.74, 6) is -0.522. The van der Waals surface area contributed by atoms with Gasteiger partial charge in [-0.1, -0.05) is 60.7 Å². The monoisotopic (exact) mass is 368 g/mol. The Hall–Kier alpha value is -2.86. The maximum absolute atomic E-state index is 12.7. The quantitative estimate of drug-likeness (QED) is 0.557. The van der Waals surface area contributed by atoms with E-state index in [1.807, 2.05) is 60.7 Å². The maximum Gasteiger partial charge on any atom is 0.410 e. The van der Waals surface area contributed by atoms with Crippen molar-refractivity contribution in [3.8, 4) is 0 Å². The highest BCUT2D eigenvalue weighted by Gasteiger charge is 2.48. The first-order valence-corrected chi connectivity index (χ1v) is 8.93. The molecular formula is C21H24N2O4. The molecule has 2 amide bonds. The molecule has 1 aliphatic heterocycles. The van der Waals surface area contributed by atoms with E-state index in [4.69, 9.17) is 9.57 Å². The molecule has 1 fully saturated rings. The Morgan fingerprint density at radius 1 is 1.07 bits per heavy atom. The smallest absolute Gasteiger partial charge is 0.410 e. The highest BCUT2D eigenvalue weighted by molar-refractivity contribution is 5.81. The molecule has 142 valence electrons. The van der Waals surface area contributed by atoms with Gasteiger partial charge in [0.25, 0.3) is 5.91 Å². The van der Waals surface area contributed by atoms with Crippen molar-refractivity contribution >= 4 is 12.0 Å². The zero-order chi connectivity index (χ0) is 19.2. The number of hydrogen-bond acceptors (Lipinski definition) is 4. The molecule has 1 heterocycles. The van der Waals surface area contributed by atoms with Crippen LogP contribution in [0.4, 0.5) is 4.79 Å². The number of benzene rings is 2. The Bertz CT molecular complexity index is 766. The lowest BCUT2D eigenvalue weighted by Crippen LogP contribution is -2.37. The minimum absolute atomic E-state index is 0.148. The summed E-state index contributed by atoms with van der Waals surface area (Å²) in [7, 11) is 3.04. The summed E-state index contributed by atoms with van der Waals surface area (Å²) >= 11 is 0. The van der Waals surface area contributed by atoms with Crippen LogP contribution in [0.5, 0.6) is 0 Å². The van der Waals surface area contributed by atoms with E-state index >= 15 is 0 Å². The molecule has 0 unspecified atom stereocenters. The van der Waals surface area contributed by atoms with E-state index in [0.29, 0.717) is 13.0 Å². The minimum atomic E-state index is -0.394. The Morgan fingerprint density at radius 2 is 1.67 bits per heavy atom. The Labute approximate surface area is 159 Å². The van der Waals surface area contributed by atoms with Gasteiger partial charge in [0.05, 0.1) is 19.1 Å². The molecule has 0 spiro atoms. The molecule has 0 aromatic heterocycles. The van der Waals surface area contributed by atoms with Crippen LogP contribution in [0.1, 0.15) is 11.1 Å². The van der Waals surface area contributed by atoms with Gasteiger partial charge in [0.2, 0.25) is 0 Å². The van der Waals surface area contributed by atoms with Gasteiger partial charge in [-0.3, -0.25) is 9.63 Å². The molecule has 27 heavy (non-hydrogen) atoms. The van der Waals surface area contributed by atoms with E-state index in [0.717, 1.165) is 11.1 Å². The zero-order valence-electron chi connectivity index (χ0n) is 15.6. The van der Waals surface area contributed by atoms with Crippen LogP contribution in [0.3, 0.4) is 0 Å². The predicted molar refractivity (Wildman–Crippen MR) is 101 cm³/mol. The lowest BCUT2D eigenvalue weighted by Gasteiger charge is -2.22. The van der Waals surface area contributed by atoms with E-state index in [1.165, 1.54) is 12.2 Å². The molecule has 6 heteroatoms. The average molecular weight is 368 g/mol. The lowest BCUT2D eigenvalue weighted by molar-refractivity contribution is -0.173. The average Bonchev–Trinajstić information content (AvgIpc) is 3.51. The van der Waals surface area contributed by atoms with Crippen LogP contribution in [-0.2, 0) is 27.4 Å². The Balaban J connectivity index is 1.63. The molecule has 1 saturated heterocycles. The molecule has 0 radical (unpaired) electrons. The summed E-state index contributed by atoms with van der Waals surface area (Å²) < 4.78 is 5.38. The second kappa shape index (κ2) is 8.68. The van der Waals surface area contributed by atoms with Crippen molar-refractivity contribution < 1.29 is 19.2 Å². The minimum Gasteiger partial charge on any atom is -0.445 e. The number of ether oxygens (including phenoxy) is 1. The molecule has 2 aromatic carbocycles. The van der Waals surface area contributed by atoms with Crippen molar-refractivity contribution in [2.75, 3.05) is 20.7 Å². The van der Waals surface area contributed by atoms with Gasteiger partial charge in [0.15, 0.2) is 0 Å². The van der Waals surface area contributed by atoms with E-state index in [-0.39, 0.29) is 24.5 Å². The van der Waals surface area contributed by atoms with Crippen molar-refractivity contribution in [1.82, 2.24) is 9.96 Å². The van der Waals surface area contributed by atoms with Gasteiger partial charge < -0.3 is 9.64 Å². The summed E-state index contributed by atoms with van der Waals surface area (Å²) in [5.41, 5.74) is 1.98. The van der Waals surface area contributed by atoms with Gasteiger partial charge in [-0.15, -0.1) is 0 Å². The van der Waals surface area contributed by atoms with Crippen LogP contribution in [-0.4, -0.2) is 48.7 Å². The Morgan fingerprint density at radius 3 is 2.26 bits per heavy atom. The molecule has 0 bridgehead atoms. The fourth-order valence-corrected chi connectivity index (χ4v) is 3.09. The third-order valence-corrected chi connectivity index (χ3v) is 4.75. The molecule has 0 saturated carbocycles. The van der Waals surface area contributed by atoms with Gasteiger partial charge in [-0.05, 0) is 17.5 Å². The first-order chi connectivity index (χ1) is 13.1. The van der Waals surface area contributed by atoms with Crippen molar-refractivity contribution in [3.63, 3.8) is 0 Å². The van der Waals surface area contributed by atoms with Crippen molar-refractivity contribution in [1.29, 1.82) is 0 Å². The number of carbonyl (C=O) groups excluding carboxylic acids is 2. The second-order valence-corrected chi connectivity index (χ2v) is 6.57. The number of hydrogen-bond donors (Lipinski definition) is 0. The summed E-state index contributed by atoms with van der Waals surface area (Å²) in [4.78, 5) is 31.7. The first kappa shape index (κ1) is 18.9. The van der Waals surface area contributed by atoms with Gasteiger partial charge in [-0.2, -0.15) is 0 Å². The Kier molecular flexibility index (Phi) is 6.08. The molecule has 0 aliphatic carbocycles. The maximum atomic E-state index is 12.7. The van der Waals surface area contributed by atoms with E-state index < -0.39 is 6.09 Å². The van der Waals surface area contributed by atoms with Gasteiger partial charge in [0.1, 0.15) is 6.61 Å². The largest absolute Gasteiger partial charge is 0.445 e. The molecule has 1 aliphatic rings. The third kappa shape index (κ3) is 4.86. The molecular weight excluding hydrogens is 344 g/mol. The highest BCUT2D eigenvalue weighted by atomic mass is 16.7. The van der Waals surface area contributed by atoms with Crippen LogP contribution in [0.2, 0.25) is 0 Å². The number of amides is 2. The summed E-state index contributed by atoms with van der Waals surface area (Å²) in [6.45, 7) is 0.729. The fourth-order valence-electron chi connectivity index (χ4n) is 3.09. The zero-order valence-corrected chi connectivity index (χ0v) is 15.6. The van der Waals surface area contributed by atoms with E-state index in [1.54, 1.807) is 11.9 Å². The summed E-state index contributed by atoms with van der Waals surface area (Å²) in [5, 5.41) is 1.22. The third-order valence-electron chi connectivity index (χ3n) is 4.75. The van der Waals surface area contributed by atoms with Gasteiger partial charge >= 0.3 is 6.09 Å². The predicted octanol–water partition coefficient (Wildman–Crippen LogP) is 2.89. The molecule has 0 N–H and O–H groups in total. The molecule has 2 aromatic rings. The van der Waals surface area contributed by atoms with Crippen molar-refractivity contribution in [2.24, 2.45) is 5.92 Å². The second-order valence-electron chi connectivity index (χ2n) is 6.57. The van der Waals surface area contributed by atoms with E-state index in [2.05, 4.69) is 0 Å².